The van der Waals surface area contributed by atoms with Crippen LogP contribution in [0.25, 0.3) is 5.69 Å². The van der Waals surface area contributed by atoms with Crippen molar-refractivity contribution < 1.29 is 17.9 Å². The quantitative estimate of drug-likeness (QED) is 0.816. The highest BCUT2D eigenvalue weighted by Gasteiger charge is 2.15. The number of nitrogens with one attached hydrogen (secondary N) is 1. The minimum atomic E-state index is -1.04. The molecule has 0 saturated heterocycles. The van der Waals surface area contributed by atoms with Crippen LogP contribution >= 0.6 is 0 Å². The number of hydrogen-bond acceptors (Lipinski definition) is 4. The summed E-state index contributed by atoms with van der Waals surface area (Å²) in [5.41, 5.74) is 0.0475. The van der Waals surface area contributed by atoms with Crippen molar-refractivity contribution in [3.05, 3.63) is 41.5 Å². The molecular formula is C12H13F3N4O. The molecular weight excluding hydrogens is 273 g/mol. The molecule has 5 nitrogen and oxygen atoms in total. The molecule has 1 heterocycles. The van der Waals surface area contributed by atoms with Crippen molar-refractivity contribution >= 4 is 0 Å². The molecule has 2 aromatic rings. The fraction of sp³-hybridized carbons (Fsp3) is 0.333. The molecule has 0 aliphatic rings. The Hall–Kier alpha value is -1.93. The van der Waals surface area contributed by atoms with Gasteiger partial charge in [-0.05, 0) is 0 Å². The van der Waals surface area contributed by atoms with Gasteiger partial charge in [0.15, 0.2) is 11.6 Å². The van der Waals surface area contributed by atoms with Gasteiger partial charge < -0.3 is 10.1 Å². The van der Waals surface area contributed by atoms with Crippen LogP contribution in [0.1, 0.15) is 5.69 Å². The van der Waals surface area contributed by atoms with Gasteiger partial charge in [0, 0.05) is 32.3 Å². The first kappa shape index (κ1) is 14.5. The lowest BCUT2D eigenvalue weighted by Crippen LogP contribution is -2.18. The Morgan fingerprint density at radius 2 is 1.95 bits per heavy atom. The van der Waals surface area contributed by atoms with Crippen molar-refractivity contribution in [2.75, 3.05) is 20.3 Å². The lowest BCUT2D eigenvalue weighted by atomic mass is 10.3. The SMILES string of the molecule is COCCNCc1cn(-c2c(F)cc(F)cc2F)nn1. The van der Waals surface area contributed by atoms with Gasteiger partial charge in [-0.1, -0.05) is 5.21 Å². The van der Waals surface area contributed by atoms with Crippen molar-refractivity contribution in [1.29, 1.82) is 0 Å². The van der Waals surface area contributed by atoms with Gasteiger partial charge >= 0.3 is 0 Å². The van der Waals surface area contributed by atoms with Crippen molar-refractivity contribution in [2.45, 2.75) is 6.54 Å². The van der Waals surface area contributed by atoms with Gasteiger partial charge in [0.25, 0.3) is 0 Å². The largest absolute Gasteiger partial charge is 0.383 e. The Morgan fingerprint density at radius 3 is 2.60 bits per heavy atom. The summed E-state index contributed by atoms with van der Waals surface area (Å²) < 4.78 is 45.7. The summed E-state index contributed by atoms with van der Waals surface area (Å²) in [6, 6.07) is 1.19. The highest BCUT2D eigenvalue weighted by atomic mass is 19.1. The molecule has 1 N–H and O–H groups in total. The van der Waals surface area contributed by atoms with Gasteiger partial charge in [-0.25, -0.2) is 17.9 Å². The van der Waals surface area contributed by atoms with Crippen LogP contribution in [-0.4, -0.2) is 35.3 Å². The van der Waals surface area contributed by atoms with Crippen LogP contribution in [0.4, 0.5) is 13.2 Å². The van der Waals surface area contributed by atoms with Crippen LogP contribution in [-0.2, 0) is 11.3 Å². The molecule has 0 unspecified atom stereocenters. The van der Waals surface area contributed by atoms with Crippen molar-refractivity contribution in [2.24, 2.45) is 0 Å². The molecule has 1 aromatic heterocycles. The third kappa shape index (κ3) is 3.34. The molecule has 0 amide bonds. The maximum atomic E-state index is 13.6. The maximum Gasteiger partial charge on any atom is 0.154 e. The Balaban J connectivity index is 2.13. The van der Waals surface area contributed by atoms with Gasteiger partial charge in [-0.15, -0.1) is 5.10 Å². The predicted molar refractivity (Wildman–Crippen MR) is 64.8 cm³/mol. The first-order valence-electron chi connectivity index (χ1n) is 5.87. The summed E-state index contributed by atoms with van der Waals surface area (Å²) in [7, 11) is 1.58. The highest BCUT2D eigenvalue weighted by molar-refractivity contribution is 5.34. The number of halogens is 3. The lowest BCUT2D eigenvalue weighted by molar-refractivity contribution is 0.199. The molecule has 108 valence electrons. The third-order valence-corrected chi connectivity index (χ3v) is 2.54. The average Bonchev–Trinajstić information content (AvgIpc) is 2.82. The van der Waals surface area contributed by atoms with Crippen LogP contribution in [0, 0.1) is 17.5 Å². The first-order chi connectivity index (χ1) is 9.61. The van der Waals surface area contributed by atoms with Gasteiger partial charge in [-0.2, -0.15) is 0 Å². The zero-order valence-corrected chi connectivity index (χ0v) is 10.7. The fourth-order valence-corrected chi connectivity index (χ4v) is 1.63. The Bertz CT molecular complexity index is 565. The standard InChI is InChI=1S/C12H13F3N4O/c1-20-3-2-16-6-9-7-19(18-17-9)12-10(14)4-8(13)5-11(12)15/h4-5,7,16H,2-3,6H2,1H3. The van der Waals surface area contributed by atoms with E-state index in [0.29, 0.717) is 37.5 Å². The van der Waals surface area contributed by atoms with Crippen molar-refractivity contribution in [3.8, 4) is 5.69 Å². The second-order valence-electron chi connectivity index (χ2n) is 4.04. The number of nitrogens with zero attached hydrogens (tertiary/aromatic N) is 3. The molecule has 0 radical (unpaired) electrons. The topological polar surface area (TPSA) is 52.0 Å². The Labute approximate surface area is 113 Å². The normalized spacial score (nSPS) is 11.0. The molecule has 8 heteroatoms. The van der Waals surface area contributed by atoms with E-state index < -0.39 is 23.1 Å². The van der Waals surface area contributed by atoms with Crippen LogP contribution in [0.15, 0.2) is 18.3 Å². The van der Waals surface area contributed by atoms with E-state index in [9.17, 15) is 13.2 Å². The summed E-state index contributed by atoms with van der Waals surface area (Å²) in [5.74, 6) is -3.05. The van der Waals surface area contributed by atoms with E-state index in [4.69, 9.17) is 4.74 Å². The summed E-state index contributed by atoms with van der Waals surface area (Å²) in [6.45, 7) is 1.53. The number of benzene rings is 1. The second kappa shape index (κ2) is 6.49. The second-order valence-corrected chi connectivity index (χ2v) is 4.04. The number of hydrogen-bond donors (Lipinski definition) is 1. The Kier molecular flexibility index (Phi) is 4.70. The van der Waals surface area contributed by atoms with E-state index in [-0.39, 0.29) is 0 Å². The van der Waals surface area contributed by atoms with Gasteiger partial charge in [-0.3, -0.25) is 0 Å². The zero-order chi connectivity index (χ0) is 14.5. The third-order valence-electron chi connectivity index (χ3n) is 2.54. The van der Waals surface area contributed by atoms with Crippen molar-refractivity contribution in [1.82, 2.24) is 20.3 Å². The molecule has 0 spiro atoms. The number of methoxy groups -OCH3 is 1. The van der Waals surface area contributed by atoms with Crippen molar-refractivity contribution in [3.63, 3.8) is 0 Å². The summed E-state index contributed by atoms with van der Waals surface area (Å²) in [6.07, 6.45) is 1.37. The van der Waals surface area contributed by atoms with Crippen LogP contribution in [0.3, 0.4) is 0 Å². The maximum absolute atomic E-state index is 13.6. The van der Waals surface area contributed by atoms with E-state index in [0.717, 1.165) is 4.68 Å². The van der Waals surface area contributed by atoms with E-state index in [1.165, 1.54) is 6.20 Å². The van der Waals surface area contributed by atoms with Gasteiger partial charge in [0.1, 0.15) is 11.5 Å². The van der Waals surface area contributed by atoms with E-state index in [1.807, 2.05) is 0 Å². The highest BCUT2D eigenvalue weighted by Crippen LogP contribution is 2.18. The molecule has 0 atom stereocenters. The molecule has 20 heavy (non-hydrogen) atoms. The van der Waals surface area contributed by atoms with Gasteiger partial charge in [0.2, 0.25) is 0 Å². The first-order valence-corrected chi connectivity index (χ1v) is 5.87. The summed E-state index contributed by atoms with van der Waals surface area (Å²) >= 11 is 0. The fourth-order valence-electron chi connectivity index (χ4n) is 1.63. The number of ether oxygens (including phenoxy) is 1. The van der Waals surface area contributed by atoms with E-state index in [1.54, 1.807) is 7.11 Å². The minimum absolute atomic E-state index is 0.383. The predicted octanol–water partition coefficient (Wildman–Crippen LogP) is 1.42. The lowest BCUT2D eigenvalue weighted by Gasteiger charge is -2.03. The van der Waals surface area contributed by atoms with Gasteiger partial charge in [0.05, 0.1) is 18.5 Å². The monoisotopic (exact) mass is 286 g/mol. The molecule has 0 saturated carbocycles. The smallest absolute Gasteiger partial charge is 0.154 e. The zero-order valence-electron chi connectivity index (χ0n) is 10.7. The minimum Gasteiger partial charge on any atom is -0.383 e. The van der Waals surface area contributed by atoms with Crippen LogP contribution in [0.2, 0.25) is 0 Å². The molecule has 0 aliphatic carbocycles. The number of aromatic nitrogens is 3. The van der Waals surface area contributed by atoms with E-state index >= 15 is 0 Å². The summed E-state index contributed by atoms with van der Waals surface area (Å²) in [4.78, 5) is 0. The molecule has 2 rings (SSSR count). The van der Waals surface area contributed by atoms with Crippen LogP contribution in [0.5, 0.6) is 0 Å². The molecule has 0 fully saturated rings. The van der Waals surface area contributed by atoms with Crippen LogP contribution < -0.4 is 5.32 Å². The average molecular weight is 286 g/mol. The molecule has 0 bridgehead atoms. The van der Waals surface area contributed by atoms with E-state index in [2.05, 4.69) is 15.6 Å². The molecule has 0 aliphatic heterocycles. The summed E-state index contributed by atoms with van der Waals surface area (Å²) in [5, 5.41) is 10.4. The Morgan fingerprint density at radius 1 is 1.25 bits per heavy atom. The molecule has 1 aromatic carbocycles. The number of rotatable bonds is 6.